The number of rotatable bonds is 7. The molecule has 2 amide bonds. The standard InChI is InChI=1S/C37H39FN2O3/c1-23-13-18-29(21-25(23)3)39-35(41)30-22-28-10-6-7-12-32(28)40(36(42)33-24(2)9-8-11-31(33)38)34(30)27-16-14-26(15-17-27)19-20-37(4,5)43/h6-18,21,30,34,43H,19-20,22H2,1-5H3,(H,39,41)/t30-,34?/m0/s1. The maximum absolute atomic E-state index is 15.3. The number of halogens is 1. The van der Waals surface area contributed by atoms with Crippen LogP contribution in [0.25, 0.3) is 0 Å². The number of fused-ring (bicyclic) bond motifs is 1. The van der Waals surface area contributed by atoms with Gasteiger partial charge in [0.1, 0.15) is 5.82 Å². The predicted molar refractivity (Wildman–Crippen MR) is 170 cm³/mol. The van der Waals surface area contributed by atoms with Gasteiger partial charge < -0.3 is 10.4 Å². The van der Waals surface area contributed by atoms with Crippen molar-refractivity contribution in [1.29, 1.82) is 0 Å². The number of carbonyl (C=O) groups is 2. The van der Waals surface area contributed by atoms with E-state index in [2.05, 4.69) is 5.32 Å². The van der Waals surface area contributed by atoms with E-state index in [1.807, 2.05) is 80.6 Å². The number of hydrogen-bond donors (Lipinski definition) is 2. The minimum absolute atomic E-state index is 0.000632. The van der Waals surface area contributed by atoms with Gasteiger partial charge in [0.2, 0.25) is 5.91 Å². The Labute approximate surface area is 253 Å². The number of benzene rings is 4. The molecular weight excluding hydrogens is 539 g/mol. The molecule has 0 radical (unpaired) electrons. The van der Waals surface area contributed by atoms with Gasteiger partial charge in [0.25, 0.3) is 5.91 Å². The molecule has 0 aliphatic carbocycles. The highest BCUT2D eigenvalue weighted by Gasteiger charge is 2.43. The zero-order valence-electron chi connectivity index (χ0n) is 25.4. The third kappa shape index (κ3) is 6.55. The van der Waals surface area contributed by atoms with Crippen LogP contribution in [-0.2, 0) is 17.6 Å². The normalized spacial score (nSPS) is 16.5. The summed E-state index contributed by atoms with van der Waals surface area (Å²) in [7, 11) is 0. The lowest BCUT2D eigenvalue weighted by molar-refractivity contribution is -0.120. The Kier molecular flexibility index (Phi) is 8.52. The maximum atomic E-state index is 15.3. The number of aliphatic hydroxyl groups is 1. The van der Waals surface area contributed by atoms with Crippen LogP contribution in [0.5, 0.6) is 0 Å². The SMILES string of the molecule is Cc1ccc(NC(=O)[C@H]2Cc3ccccc3N(C(=O)c3c(C)cccc3F)C2c2ccc(CCC(C)(C)O)cc2)cc1C. The van der Waals surface area contributed by atoms with Crippen LogP contribution >= 0.6 is 0 Å². The fourth-order valence-corrected chi connectivity index (χ4v) is 5.86. The second-order valence-corrected chi connectivity index (χ2v) is 12.3. The maximum Gasteiger partial charge on any atom is 0.262 e. The third-order valence-electron chi connectivity index (χ3n) is 8.46. The molecule has 222 valence electrons. The highest BCUT2D eigenvalue weighted by atomic mass is 19.1. The van der Waals surface area contributed by atoms with E-state index in [0.717, 1.165) is 27.8 Å². The summed E-state index contributed by atoms with van der Waals surface area (Å²) in [6.07, 6.45) is 1.70. The number of nitrogens with one attached hydrogen (secondary N) is 1. The zero-order chi connectivity index (χ0) is 30.9. The van der Waals surface area contributed by atoms with Gasteiger partial charge in [-0.1, -0.05) is 60.7 Å². The Balaban J connectivity index is 1.62. The van der Waals surface area contributed by atoms with Crippen molar-refractivity contribution in [1.82, 2.24) is 0 Å². The Hall–Kier alpha value is -4.29. The summed E-state index contributed by atoms with van der Waals surface area (Å²) < 4.78 is 15.3. The van der Waals surface area contributed by atoms with Crippen LogP contribution in [0.4, 0.5) is 15.8 Å². The molecule has 4 aromatic carbocycles. The summed E-state index contributed by atoms with van der Waals surface area (Å²) in [4.78, 5) is 30.1. The van der Waals surface area contributed by atoms with Crippen LogP contribution in [-0.4, -0.2) is 22.5 Å². The quantitative estimate of drug-likeness (QED) is 0.237. The van der Waals surface area contributed by atoms with Gasteiger partial charge in [-0.15, -0.1) is 0 Å². The zero-order valence-corrected chi connectivity index (χ0v) is 25.4. The molecule has 4 aromatic rings. The summed E-state index contributed by atoms with van der Waals surface area (Å²) in [5, 5.41) is 13.3. The van der Waals surface area contributed by atoms with Crippen LogP contribution in [0, 0.1) is 32.5 Å². The number of anilines is 2. The molecule has 0 saturated carbocycles. The van der Waals surface area contributed by atoms with Crippen LogP contribution in [0.3, 0.4) is 0 Å². The first kappa shape index (κ1) is 30.2. The number of carbonyl (C=O) groups excluding carboxylic acids is 2. The lowest BCUT2D eigenvalue weighted by Gasteiger charge is -2.42. The number of amides is 2. The summed E-state index contributed by atoms with van der Waals surface area (Å²) in [6, 6.07) is 25.1. The van der Waals surface area contributed by atoms with Crippen molar-refractivity contribution in [3.8, 4) is 0 Å². The van der Waals surface area contributed by atoms with E-state index in [1.54, 1.807) is 37.8 Å². The first-order chi connectivity index (χ1) is 20.4. The van der Waals surface area contributed by atoms with E-state index in [0.29, 0.717) is 36.2 Å². The third-order valence-corrected chi connectivity index (χ3v) is 8.46. The van der Waals surface area contributed by atoms with Crippen molar-refractivity contribution in [2.75, 3.05) is 10.2 Å². The molecule has 1 aliphatic heterocycles. The molecule has 43 heavy (non-hydrogen) atoms. The molecule has 0 fully saturated rings. The monoisotopic (exact) mass is 578 g/mol. The fourth-order valence-electron chi connectivity index (χ4n) is 5.86. The first-order valence-corrected chi connectivity index (χ1v) is 14.8. The number of hydrogen-bond acceptors (Lipinski definition) is 3. The molecule has 6 heteroatoms. The number of aryl methyl sites for hydroxylation is 4. The summed E-state index contributed by atoms with van der Waals surface area (Å²) in [5.74, 6) is -1.93. The van der Waals surface area contributed by atoms with Gasteiger partial charge in [-0.3, -0.25) is 14.5 Å². The summed E-state index contributed by atoms with van der Waals surface area (Å²) in [6.45, 7) is 9.32. The van der Waals surface area contributed by atoms with E-state index in [1.165, 1.54) is 6.07 Å². The second-order valence-electron chi connectivity index (χ2n) is 12.3. The van der Waals surface area contributed by atoms with E-state index >= 15 is 4.39 Å². The number of para-hydroxylation sites is 1. The van der Waals surface area contributed by atoms with E-state index in [9.17, 15) is 14.7 Å². The average molecular weight is 579 g/mol. The number of nitrogens with zero attached hydrogens (tertiary/aromatic N) is 1. The van der Waals surface area contributed by atoms with Crippen molar-refractivity contribution in [3.05, 3.63) is 130 Å². The molecule has 1 unspecified atom stereocenters. The smallest absolute Gasteiger partial charge is 0.262 e. The van der Waals surface area contributed by atoms with Gasteiger partial charge in [-0.2, -0.15) is 0 Å². The minimum Gasteiger partial charge on any atom is -0.390 e. The van der Waals surface area contributed by atoms with Crippen molar-refractivity contribution < 1.29 is 19.1 Å². The minimum atomic E-state index is -0.788. The average Bonchev–Trinajstić information content (AvgIpc) is 2.96. The van der Waals surface area contributed by atoms with Crippen molar-refractivity contribution >= 4 is 23.2 Å². The molecule has 5 rings (SSSR count). The van der Waals surface area contributed by atoms with Crippen LogP contribution in [0.15, 0.2) is 84.9 Å². The first-order valence-electron chi connectivity index (χ1n) is 14.8. The Morgan fingerprint density at radius 2 is 1.63 bits per heavy atom. The second kappa shape index (κ2) is 12.1. The van der Waals surface area contributed by atoms with Crippen LogP contribution in [0.1, 0.15) is 70.0 Å². The summed E-state index contributed by atoms with van der Waals surface area (Å²) >= 11 is 0. The molecule has 5 nitrogen and oxygen atoms in total. The van der Waals surface area contributed by atoms with E-state index in [4.69, 9.17) is 0 Å². The van der Waals surface area contributed by atoms with Gasteiger partial charge in [-0.05, 0) is 112 Å². The van der Waals surface area contributed by atoms with Crippen molar-refractivity contribution in [2.24, 2.45) is 5.92 Å². The fraction of sp³-hybridized carbons (Fsp3) is 0.297. The highest BCUT2D eigenvalue weighted by Crippen LogP contribution is 2.44. The molecule has 2 atom stereocenters. The van der Waals surface area contributed by atoms with Gasteiger partial charge in [0.15, 0.2) is 0 Å². The topological polar surface area (TPSA) is 69.6 Å². The van der Waals surface area contributed by atoms with E-state index in [-0.39, 0.29) is 11.5 Å². The van der Waals surface area contributed by atoms with Crippen molar-refractivity contribution in [3.63, 3.8) is 0 Å². The van der Waals surface area contributed by atoms with Crippen molar-refractivity contribution in [2.45, 2.75) is 65.5 Å². The Morgan fingerprint density at radius 3 is 2.30 bits per heavy atom. The molecule has 0 saturated heterocycles. The van der Waals surface area contributed by atoms with Gasteiger partial charge in [0.05, 0.1) is 23.1 Å². The highest BCUT2D eigenvalue weighted by molar-refractivity contribution is 6.09. The molecule has 2 N–H and O–H groups in total. The van der Waals surface area contributed by atoms with Gasteiger partial charge in [-0.25, -0.2) is 4.39 Å². The molecular formula is C37H39FN2O3. The van der Waals surface area contributed by atoms with Gasteiger partial charge in [0, 0.05) is 11.4 Å². The molecule has 0 aromatic heterocycles. The molecule has 1 aliphatic rings. The molecule has 0 bridgehead atoms. The van der Waals surface area contributed by atoms with Crippen LogP contribution < -0.4 is 10.2 Å². The van der Waals surface area contributed by atoms with Crippen LogP contribution in [0.2, 0.25) is 0 Å². The lowest BCUT2D eigenvalue weighted by Crippen LogP contribution is -2.47. The Morgan fingerprint density at radius 1 is 0.907 bits per heavy atom. The van der Waals surface area contributed by atoms with E-state index < -0.39 is 29.3 Å². The predicted octanol–water partition coefficient (Wildman–Crippen LogP) is 7.65. The Bertz CT molecular complexity index is 1640. The lowest BCUT2D eigenvalue weighted by atomic mass is 9.80. The van der Waals surface area contributed by atoms with Gasteiger partial charge >= 0.3 is 0 Å². The summed E-state index contributed by atoms with van der Waals surface area (Å²) in [5.41, 5.74) is 5.97. The molecule has 1 heterocycles. The largest absolute Gasteiger partial charge is 0.390 e. The molecule has 0 spiro atoms.